The molecule has 2 amide bonds. The summed E-state index contributed by atoms with van der Waals surface area (Å²) in [7, 11) is 0. The largest absolute Gasteiger partial charge is 0.508 e. The number of aromatic carboxylic acids is 2. The van der Waals surface area contributed by atoms with E-state index in [0.29, 0.717) is 5.56 Å². The third-order valence-electron chi connectivity index (χ3n) is 5.56. The molecule has 0 heterocycles. The number of carbonyl (C=O) groups is 4. The zero-order chi connectivity index (χ0) is 27.4. The predicted molar refractivity (Wildman–Crippen MR) is 138 cm³/mol. The SMILES string of the molecule is O=C(O)c1cc(-c2ccccc2)c(C(=O)Nc2ccc(O)cc2)c(C(=O)Nc2ccc(O)cc2)c1C(=O)O. The van der Waals surface area contributed by atoms with E-state index in [2.05, 4.69) is 10.6 Å². The number of nitrogens with one attached hydrogen (secondary N) is 2. The normalized spacial score (nSPS) is 10.4. The van der Waals surface area contributed by atoms with Crippen molar-refractivity contribution >= 4 is 35.1 Å². The van der Waals surface area contributed by atoms with Crippen LogP contribution < -0.4 is 10.6 Å². The van der Waals surface area contributed by atoms with Gasteiger partial charge in [-0.1, -0.05) is 30.3 Å². The summed E-state index contributed by atoms with van der Waals surface area (Å²) in [4.78, 5) is 51.7. The number of hydrogen-bond donors (Lipinski definition) is 6. The first kappa shape index (κ1) is 25.5. The highest BCUT2D eigenvalue weighted by Crippen LogP contribution is 2.33. The van der Waals surface area contributed by atoms with Crippen LogP contribution >= 0.6 is 0 Å². The number of aromatic hydroxyl groups is 2. The van der Waals surface area contributed by atoms with Crippen molar-refractivity contribution in [2.45, 2.75) is 0 Å². The molecule has 4 rings (SSSR count). The molecule has 0 spiro atoms. The van der Waals surface area contributed by atoms with Crippen LogP contribution in [0, 0.1) is 0 Å². The van der Waals surface area contributed by atoms with Crippen LogP contribution in [0.1, 0.15) is 41.4 Å². The van der Waals surface area contributed by atoms with Gasteiger partial charge in [-0.2, -0.15) is 0 Å². The summed E-state index contributed by atoms with van der Waals surface area (Å²) in [5.41, 5.74) is -1.82. The second kappa shape index (κ2) is 10.5. The number of anilines is 2. The molecule has 6 N–H and O–H groups in total. The summed E-state index contributed by atoms with van der Waals surface area (Å²) in [6.07, 6.45) is 0. The highest BCUT2D eigenvalue weighted by Gasteiger charge is 2.33. The molecule has 10 heteroatoms. The highest BCUT2D eigenvalue weighted by molar-refractivity contribution is 6.24. The average molecular weight is 512 g/mol. The second-order valence-corrected chi connectivity index (χ2v) is 8.08. The first-order valence-electron chi connectivity index (χ1n) is 11.1. The van der Waals surface area contributed by atoms with Gasteiger partial charge >= 0.3 is 11.9 Å². The fourth-order valence-corrected chi connectivity index (χ4v) is 3.86. The minimum Gasteiger partial charge on any atom is -0.508 e. The maximum Gasteiger partial charge on any atom is 0.337 e. The molecule has 190 valence electrons. The van der Waals surface area contributed by atoms with Crippen molar-refractivity contribution in [3.8, 4) is 22.6 Å². The van der Waals surface area contributed by atoms with Crippen molar-refractivity contribution in [3.05, 3.63) is 107 Å². The quantitative estimate of drug-likeness (QED) is 0.194. The van der Waals surface area contributed by atoms with E-state index in [4.69, 9.17) is 0 Å². The lowest BCUT2D eigenvalue weighted by Crippen LogP contribution is -2.26. The lowest BCUT2D eigenvalue weighted by atomic mass is 9.87. The molecule has 0 saturated heterocycles. The lowest BCUT2D eigenvalue weighted by molar-refractivity contribution is 0.0649. The molecule has 0 aliphatic carbocycles. The fourth-order valence-electron chi connectivity index (χ4n) is 3.86. The number of rotatable bonds is 7. The molecular weight excluding hydrogens is 492 g/mol. The van der Waals surface area contributed by atoms with Gasteiger partial charge in [-0.05, 0) is 65.7 Å². The van der Waals surface area contributed by atoms with Crippen LogP contribution in [0.2, 0.25) is 0 Å². The standard InChI is InChI=1S/C28H20N2O8/c31-18-10-6-16(7-11-18)29-25(33)22-20(15-4-2-1-3-5-15)14-21(27(35)36)23(28(37)38)24(22)26(34)30-17-8-12-19(32)13-9-17/h1-14,31-32H,(H,29,33)(H,30,34)(H,35,36)(H,37,38). The maximum absolute atomic E-state index is 13.6. The van der Waals surface area contributed by atoms with Crippen LogP contribution in [0.15, 0.2) is 84.9 Å². The van der Waals surface area contributed by atoms with Gasteiger partial charge in [0.15, 0.2) is 0 Å². The second-order valence-electron chi connectivity index (χ2n) is 8.08. The molecule has 0 unspecified atom stereocenters. The molecule has 0 radical (unpaired) electrons. The average Bonchev–Trinajstić information content (AvgIpc) is 2.90. The van der Waals surface area contributed by atoms with Crippen LogP contribution in [-0.2, 0) is 0 Å². The van der Waals surface area contributed by atoms with Gasteiger partial charge in [0.2, 0.25) is 0 Å². The first-order valence-corrected chi connectivity index (χ1v) is 11.1. The summed E-state index contributed by atoms with van der Waals surface area (Å²) in [5, 5.41) is 44.0. The Hall–Kier alpha value is -5.64. The monoisotopic (exact) mass is 512 g/mol. The molecule has 0 fully saturated rings. The van der Waals surface area contributed by atoms with Gasteiger partial charge in [-0.15, -0.1) is 0 Å². The molecule has 0 bridgehead atoms. The highest BCUT2D eigenvalue weighted by atomic mass is 16.4. The van der Waals surface area contributed by atoms with E-state index >= 15 is 0 Å². The van der Waals surface area contributed by atoms with E-state index in [9.17, 15) is 39.6 Å². The third kappa shape index (κ3) is 5.29. The van der Waals surface area contributed by atoms with E-state index in [-0.39, 0.29) is 34.0 Å². The zero-order valence-electron chi connectivity index (χ0n) is 19.5. The van der Waals surface area contributed by atoms with Gasteiger partial charge < -0.3 is 31.1 Å². The van der Waals surface area contributed by atoms with Crippen molar-refractivity contribution in [3.63, 3.8) is 0 Å². The van der Waals surface area contributed by atoms with E-state index < -0.39 is 40.4 Å². The van der Waals surface area contributed by atoms with Crippen LogP contribution in [-0.4, -0.2) is 44.2 Å². The number of benzene rings is 4. The molecule has 4 aromatic carbocycles. The lowest BCUT2D eigenvalue weighted by Gasteiger charge is -2.19. The topological polar surface area (TPSA) is 173 Å². The fraction of sp³-hybridized carbons (Fsp3) is 0. The van der Waals surface area contributed by atoms with Crippen LogP contribution in [0.3, 0.4) is 0 Å². The van der Waals surface area contributed by atoms with Crippen molar-refractivity contribution in [1.82, 2.24) is 0 Å². The van der Waals surface area contributed by atoms with Gasteiger partial charge in [0.1, 0.15) is 11.5 Å². The third-order valence-corrected chi connectivity index (χ3v) is 5.56. The van der Waals surface area contributed by atoms with Crippen molar-refractivity contribution in [1.29, 1.82) is 0 Å². The molecule has 0 aliphatic rings. The van der Waals surface area contributed by atoms with Crippen molar-refractivity contribution < 1.29 is 39.6 Å². The Morgan fingerprint density at radius 1 is 0.553 bits per heavy atom. The minimum atomic E-state index is -1.73. The summed E-state index contributed by atoms with van der Waals surface area (Å²) < 4.78 is 0. The number of amides is 2. The Morgan fingerprint density at radius 2 is 1.03 bits per heavy atom. The summed E-state index contributed by atoms with van der Waals surface area (Å²) in [6, 6.07) is 19.9. The van der Waals surface area contributed by atoms with Crippen LogP contribution in [0.5, 0.6) is 11.5 Å². The van der Waals surface area contributed by atoms with Crippen LogP contribution in [0.25, 0.3) is 11.1 Å². The van der Waals surface area contributed by atoms with E-state index in [1.807, 2.05) is 0 Å². The van der Waals surface area contributed by atoms with Crippen molar-refractivity contribution in [2.75, 3.05) is 10.6 Å². The Balaban J connectivity index is 2.00. The van der Waals surface area contributed by atoms with Gasteiger partial charge in [0.25, 0.3) is 11.8 Å². The Bertz CT molecular complexity index is 1550. The Labute approximate surface area is 215 Å². The smallest absolute Gasteiger partial charge is 0.337 e. The zero-order valence-corrected chi connectivity index (χ0v) is 19.5. The predicted octanol–water partition coefficient (Wildman–Crippen LogP) is 4.67. The number of carbonyl (C=O) groups excluding carboxylic acids is 2. The molecular formula is C28H20N2O8. The van der Waals surface area contributed by atoms with Gasteiger partial charge in [0.05, 0.1) is 22.3 Å². The van der Waals surface area contributed by atoms with E-state index in [1.165, 1.54) is 48.5 Å². The summed E-state index contributed by atoms with van der Waals surface area (Å²) >= 11 is 0. The van der Waals surface area contributed by atoms with Gasteiger partial charge in [-0.3, -0.25) is 9.59 Å². The van der Waals surface area contributed by atoms with Crippen molar-refractivity contribution in [2.24, 2.45) is 0 Å². The van der Waals surface area contributed by atoms with Crippen LogP contribution in [0.4, 0.5) is 11.4 Å². The van der Waals surface area contributed by atoms with Gasteiger partial charge in [0, 0.05) is 11.4 Å². The summed E-state index contributed by atoms with van der Waals surface area (Å²) in [6.45, 7) is 0. The molecule has 0 aliphatic heterocycles. The number of phenols is 2. The molecule has 10 nitrogen and oxygen atoms in total. The van der Waals surface area contributed by atoms with E-state index in [0.717, 1.165) is 6.07 Å². The number of hydrogen-bond acceptors (Lipinski definition) is 6. The number of carboxylic acid groups (broad SMARTS) is 2. The molecule has 4 aromatic rings. The number of phenolic OH excluding ortho intramolecular Hbond substituents is 2. The molecule has 38 heavy (non-hydrogen) atoms. The number of carboxylic acids is 2. The van der Waals surface area contributed by atoms with E-state index in [1.54, 1.807) is 30.3 Å². The Kier molecular flexibility index (Phi) is 7.06. The summed E-state index contributed by atoms with van der Waals surface area (Å²) in [5.74, 6) is -5.40. The molecule has 0 atom stereocenters. The Morgan fingerprint density at radius 3 is 1.47 bits per heavy atom. The van der Waals surface area contributed by atoms with Gasteiger partial charge in [-0.25, -0.2) is 9.59 Å². The minimum absolute atomic E-state index is 0.0140. The molecule has 0 saturated carbocycles. The maximum atomic E-state index is 13.6. The molecule has 0 aromatic heterocycles. The first-order chi connectivity index (χ1) is 18.2.